The summed E-state index contributed by atoms with van der Waals surface area (Å²) in [6.45, 7) is 1.73. The Bertz CT molecular complexity index is 775. The fraction of sp³-hybridized carbons (Fsp3) is 0.250. The molecule has 0 fully saturated rings. The Kier molecular flexibility index (Phi) is 9.25. The van der Waals surface area contributed by atoms with E-state index in [1.807, 2.05) is 0 Å². The van der Waals surface area contributed by atoms with Crippen molar-refractivity contribution in [2.24, 2.45) is 0 Å². The van der Waals surface area contributed by atoms with Crippen LogP contribution in [0.5, 0.6) is 5.75 Å². The average Bonchev–Trinajstić information content (AvgIpc) is 2.55. The van der Waals surface area contributed by atoms with Crippen LogP contribution < -0.4 is 15.4 Å². The van der Waals surface area contributed by atoms with E-state index >= 15 is 0 Å². The topological polar surface area (TPSA) is 76.4 Å². The van der Waals surface area contributed by atoms with E-state index in [1.54, 1.807) is 25.3 Å². The van der Waals surface area contributed by atoms with Gasteiger partial charge in [0.2, 0.25) is 0 Å². The summed E-state index contributed by atoms with van der Waals surface area (Å²) in [5, 5.41) is 18.3. The van der Waals surface area contributed by atoms with E-state index in [4.69, 9.17) is 39.5 Å². The molecule has 0 aromatic heterocycles. The Morgan fingerprint density at radius 2 is 1.85 bits per heavy atom. The number of halogens is 4. The maximum atomic E-state index is 10.7. The van der Waals surface area contributed by atoms with Gasteiger partial charge in [-0.2, -0.15) is 0 Å². The molecular weight excluding hydrogens is 424 g/mol. The second-order valence-corrected chi connectivity index (χ2v) is 6.36. The minimum atomic E-state index is -0.485. The Morgan fingerprint density at radius 1 is 1.12 bits per heavy atom. The number of non-ortho nitro benzene ring substituents is 1. The van der Waals surface area contributed by atoms with E-state index in [9.17, 15) is 10.1 Å². The minimum absolute atomic E-state index is 0. The third kappa shape index (κ3) is 6.07. The summed E-state index contributed by atoms with van der Waals surface area (Å²) in [7, 11) is 1.55. The number of nitro groups is 1. The number of hydrogen-bond donors (Lipinski definition) is 2. The standard InChI is InChI=1S/C16H16Cl3N3O3.ClH/c1-25-16-10(6-11(17)7-14(16)19)9-20-4-5-21-15-3-2-12(22(23)24)8-13(15)18;/h2-3,6-8,20-21H,4-5,9H2,1H3;1H. The first-order valence-electron chi connectivity index (χ1n) is 7.33. The third-order valence-corrected chi connectivity index (χ3v) is 4.20. The van der Waals surface area contributed by atoms with Gasteiger partial charge in [0.25, 0.3) is 5.69 Å². The zero-order valence-electron chi connectivity index (χ0n) is 13.7. The van der Waals surface area contributed by atoms with Crippen molar-refractivity contribution in [1.29, 1.82) is 0 Å². The van der Waals surface area contributed by atoms with E-state index in [0.29, 0.717) is 46.1 Å². The van der Waals surface area contributed by atoms with Gasteiger partial charge in [0, 0.05) is 42.4 Å². The Morgan fingerprint density at radius 3 is 2.46 bits per heavy atom. The molecule has 2 N–H and O–H groups in total. The van der Waals surface area contributed by atoms with Crippen LogP contribution in [0.4, 0.5) is 11.4 Å². The van der Waals surface area contributed by atoms with Crippen LogP contribution in [0.1, 0.15) is 5.56 Å². The first-order valence-corrected chi connectivity index (χ1v) is 8.46. The number of nitrogens with one attached hydrogen (secondary N) is 2. The molecule has 0 heterocycles. The number of rotatable bonds is 8. The first-order chi connectivity index (χ1) is 11.9. The molecule has 2 aromatic carbocycles. The van der Waals surface area contributed by atoms with Gasteiger partial charge in [-0.25, -0.2) is 0 Å². The zero-order valence-corrected chi connectivity index (χ0v) is 16.8. The van der Waals surface area contributed by atoms with E-state index in [0.717, 1.165) is 5.56 Å². The van der Waals surface area contributed by atoms with E-state index in [2.05, 4.69) is 10.6 Å². The number of nitro benzene ring substituents is 1. The van der Waals surface area contributed by atoms with Crippen LogP contribution in [0.3, 0.4) is 0 Å². The van der Waals surface area contributed by atoms with Crippen LogP contribution in [0.25, 0.3) is 0 Å². The van der Waals surface area contributed by atoms with Crippen molar-refractivity contribution in [3.8, 4) is 5.75 Å². The SMILES string of the molecule is COc1c(Cl)cc(Cl)cc1CNCCNc1ccc([N+](=O)[O-])cc1Cl.Cl. The number of hydrogen-bond acceptors (Lipinski definition) is 5. The lowest BCUT2D eigenvalue weighted by Gasteiger charge is -2.13. The van der Waals surface area contributed by atoms with E-state index in [1.165, 1.54) is 12.1 Å². The molecule has 0 spiro atoms. The monoisotopic (exact) mass is 439 g/mol. The molecule has 0 aliphatic rings. The summed E-state index contributed by atoms with van der Waals surface area (Å²) in [4.78, 5) is 10.2. The van der Waals surface area contributed by atoms with Crippen molar-refractivity contribution in [3.05, 3.63) is 61.1 Å². The second kappa shape index (κ2) is 10.6. The van der Waals surface area contributed by atoms with E-state index < -0.39 is 4.92 Å². The van der Waals surface area contributed by atoms with Crippen molar-refractivity contribution < 1.29 is 9.66 Å². The van der Waals surface area contributed by atoms with Crippen LogP contribution in [0.2, 0.25) is 15.1 Å². The number of methoxy groups -OCH3 is 1. The Balaban J connectivity index is 0.00000338. The third-order valence-electron chi connectivity index (χ3n) is 3.39. The second-order valence-electron chi connectivity index (χ2n) is 5.10. The van der Waals surface area contributed by atoms with Crippen molar-refractivity contribution >= 4 is 58.6 Å². The van der Waals surface area contributed by atoms with Gasteiger partial charge in [-0.1, -0.05) is 34.8 Å². The van der Waals surface area contributed by atoms with Crippen molar-refractivity contribution in [2.75, 3.05) is 25.5 Å². The summed E-state index contributed by atoms with van der Waals surface area (Å²) < 4.78 is 5.29. The average molecular weight is 441 g/mol. The van der Waals surface area contributed by atoms with E-state index in [-0.39, 0.29) is 18.1 Å². The lowest BCUT2D eigenvalue weighted by Crippen LogP contribution is -2.22. The van der Waals surface area contributed by atoms with Gasteiger partial charge in [0.1, 0.15) is 5.75 Å². The summed E-state index contributed by atoms with van der Waals surface area (Å²) in [6, 6.07) is 7.72. The number of benzene rings is 2. The molecule has 0 aliphatic carbocycles. The molecular formula is C16H17Cl4N3O3. The highest BCUT2D eigenvalue weighted by Gasteiger charge is 2.10. The molecule has 0 amide bonds. The van der Waals surface area contributed by atoms with Gasteiger partial charge < -0.3 is 15.4 Å². The van der Waals surface area contributed by atoms with Crippen LogP contribution in [0.15, 0.2) is 30.3 Å². The molecule has 0 saturated carbocycles. The predicted octanol–water partition coefficient (Wildman–Crippen LogP) is 5.19. The minimum Gasteiger partial charge on any atom is -0.495 e. The maximum Gasteiger partial charge on any atom is 0.271 e. The molecule has 26 heavy (non-hydrogen) atoms. The number of nitrogens with zero attached hydrogens (tertiary/aromatic N) is 1. The summed E-state index contributed by atoms with van der Waals surface area (Å²) in [5.41, 5.74) is 1.45. The van der Waals surface area contributed by atoms with Crippen molar-refractivity contribution in [3.63, 3.8) is 0 Å². The van der Waals surface area contributed by atoms with Crippen LogP contribution in [-0.4, -0.2) is 25.1 Å². The first kappa shape index (κ1) is 22.6. The smallest absolute Gasteiger partial charge is 0.271 e. The maximum absolute atomic E-state index is 10.7. The predicted molar refractivity (Wildman–Crippen MR) is 109 cm³/mol. The summed E-state index contributed by atoms with van der Waals surface area (Å²) >= 11 is 18.1. The normalized spacial score (nSPS) is 10.2. The Hall–Kier alpha value is -1.44. The summed E-state index contributed by atoms with van der Waals surface area (Å²) in [5.74, 6) is 0.588. The van der Waals surface area contributed by atoms with Crippen LogP contribution >= 0.6 is 47.2 Å². The molecule has 2 aromatic rings. The lowest BCUT2D eigenvalue weighted by molar-refractivity contribution is -0.384. The van der Waals surface area contributed by atoms with Gasteiger partial charge in [-0.3, -0.25) is 10.1 Å². The van der Waals surface area contributed by atoms with Crippen molar-refractivity contribution in [1.82, 2.24) is 5.32 Å². The molecule has 142 valence electrons. The Labute approximate surface area is 172 Å². The van der Waals surface area contributed by atoms with Gasteiger partial charge in [0.05, 0.1) is 27.8 Å². The molecule has 0 bridgehead atoms. The molecule has 10 heteroatoms. The summed E-state index contributed by atoms with van der Waals surface area (Å²) in [6.07, 6.45) is 0. The van der Waals surface area contributed by atoms with Gasteiger partial charge in [-0.05, 0) is 18.2 Å². The quantitative estimate of drug-likeness (QED) is 0.335. The molecule has 6 nitrogen and oxygen atoms in total. The van der Waals surface area contributed by atoms with Crippen LogP contribution in [-0.2, 0) is 6.54 Å². The number of anilines is 1. The zero-order chi connectivity index (χ0) is 18.4. The molecule has 0 atom stereocenters. The van der Waals surface area contributed by atoms with Gasteiger partial charge in [0.15, 0.2) is 0 Å². The molecule has 0 radical (unpaired) electrons. The fourth-order valence-electron chi connectivity index (χ4n) is 2.24. The highest BCUT2D eigenvalue weighted by atomic mass is 35.5. The molecule has 0 unspecified atom stereocenters. The van der Waals surface area contributed by atoms with Gasteiger partial charge >= 0.3 is 0 Å². The molecule has 0 aliphatic heterocycles. The number of ether oxygens (including phenoxy) is 1. The lowest BCUT2D eigenvalue weighted by atomic mass is 10.2. The molecule has 2 rings (SSSR count). The highest BCUT2D eigenvalue weighted by Crippen LogP contribution is 2.32. The van der Waals surface area contributed by atoms with Crippen molar-refractivity contribution in [2.45, 2.75) is 6.54 Å². The fourth-order valence-corrected chi connectivity index (χ4v) is 3.10. The molecule has 0 saturated heterocycles. The van der Waals surface area contributed by atoms with Crippen LogP contribution in [0, 0.1) is 10.1 Å². The largest absolute Gasteiger partial charge is 0.495 e. The van der Waals surface area contributed by atoms with Gasteiger partial charge in [-0.15, -0.1) is 12.4 Å². The highest BCUT2D eigenvalue weighted by molar-refractivity contribution is 6.35.